The molecule has 1 aliphatic carbocycles. The number of anilines is 1. The molecule has 0 spiro atoms. The van der Waals surface area contributed by atoms with Crippen LogP contribution in [0.4, 0.5) is 10.1 Å². The molecule has 0 radical (unpaired) electrons. The second-order valence-electron chi connectivity index (χ2n) is 10.3. The van der Waals surface area contributed by atoms with Gasteiger partial charge in [-0.2, -0.15) is 5.10 Å². The van der Waals surface area contributed by atoms with Gasteiger partial charge in [0.1, 0.15) is 17.0 Å². The molecular formula is C29H37FN4OS. The summed E-state index contributed by atoms with van der Waals surface area (Å²) in [7, 11) is 0. The maximum atomic E-state index is 14.8. The molecule has 36 heavy (non-hydrogen) atoms. The summed E-state index contributed by atoms with van der Waals surface area (Å²) in [6.07, 6.45) is 13.7. The SMILES string of the molecule is CCn1cc(CN2CCc3cc([S+]([O-])Nc4ccc(CCCC5CCCC5)cc4F)ccc3C2)cn1. The first-order chi connectivity index (χ1) is 17.6. The van der Waals surface area contributed by atoms with Crippen molar-refractivity contribution in [2.45, 2.75) is 82.8 Å². The van der Waals surface area contributed by atoms with E-state index in [4.69, 9.17) is 0 Å². The number of fused-ring (bicyclic) bond motifs is 1. The molecule has 0 bridgehead atoms. The second-order valence-corrected chi connectivity index (χ2v) is 11.5. The third kappa shape index (κ3) is 6.31. The number of halogens is 1. The molecule has 1 saturated carbocycles. The van der Waals surface area contributed by atoms with Crippen LogP contribution in [-0.2, 0) is 43.8 Å². The fourth-order valence-electron chi connectivity index (χ4n) is 5.61. The van der Waals surface area contributed by atoms with Crippen LogP contribution in [0.25, 0.3) is 0 Å². The molecule has 3 aromatic rings. The van der Waals surface area contributed by atoms with Gasteiger partial charge in [-0.1, -0.05) is 44.2 Å². The van der Waals surface area contributed by atoms with Gasteiger partial charge < -0.3 is 4.55 Å². The van der Waals surface area contributed by atoms with Crippen molar-refractivity contribution in [1.82, 2.24) is 14.7 Å². The Morgan fingerprint density at radius 2 is 1.97 bits per heavy atom. The molecule has 1 fully saturated rings. The van der Waals surface area contributed by atoms with Gasteiger partial charge >= 0.3 is 0 Å². The molecule has 0 amide bonds. The highest BCUT2D eigenvalue weighted by atomic mass is 32.2. The largest absolute Gasteiger partial charge is 0.588 e. The highest BCUT2D eigenvalue weighted by molar-refractivity contribution is 7.92. The highest BCUT2D eigenvalue weighted by Gasteiger charge is 2.21. The lowest BCUT2D eigenvalue weighted by Crippen LogP contribution is -2.30. The molecule has 2 aliphatic rings. The van der Waals surface area contributed by atoms with E-state index in [0.29, 0.717) is 10.6 Å². The van der Waals surface area contributed by atoms with Crippen LogP contribution in [0, 0.1) is 11.7 Å². The van der Waals surface area contributed by atoms with E-state index in [-0.39, 0.29) is 5.82 Å². The Morgan fingerprint density at radius 1 is 1.11 bits per heavy atom. The van der Waals surface area contributed by atoms with Crippen molar-refractivity contribution in [1.29, 1.82) is 0 Å². The molecule has 2 aromatic carbocycles. The summed E-state index contributed by atoms with van der Waals surface area (Å²) in [5, 5.41) is 4.37. The number of nitrogens with zero attached hydrogens (tertiary/aromatic N) is 3. The summed E-state index contributed by atoms with van der Waals surface area (Å²) in [4.78, 5) is 3.10. The van der Waals surface area contributed by atoms with E-state index >= 15 is 0 Å². The average molecular weight is 509 g/mol. The van der Waals surface area contributed by atoms with E-state index in [2.05, 4.69) is 33.9 Å². The lowest BCUT2D eigenvalue weighted by Gasteiger charge is -2.28. The molecule has 1 unspecified atom stereocenters. The summed E-state index contributed by atoms with van der Waals surface area (Å²) in [5.74, 6) is 0.533. The first-order valence-corrected chi connectivity index (χ1v) is 14.5. The maximum absolute atomic E-state index is 14.8. The van der Waals surface area contributed by atoms with Crippen LogP contribution in [-0.4, -0.2) is 25.8 Å². The molecule has 5 rings (SSSR count). The van der Waals surface area contributed by atoms with Crippen LogP contribution in [0.2, 0.25) is 0 Å². The average Bonchev–Trinajstić information content (AvgIpc) is 3.57. The number of rotatable bonds is 10. The van der Waals surface area contributed by atoms with Crippen LogP contribution in [0.5, 0.6) is 0 Å². The molecule has 1 N–H and O–H groups in total. The lowest BCUT2D eigenvalue weighted by atomic mass is 9.98. The molecule has 1 aromatic heterocycles. The molecule has 5 nitrogen and oxygen atoms in total. The van der Waals surface area contributed by atoms with Crippen molar-refractivity contribution in [3.8, 4) is 0 Å². The Kier molecular flexibility index (Phi) is 8.29. The maximum Gasteiger partial charge on any atom is 0.180 e. The van der Waals surface area contributed by atoms with Gasteiger partial charge in [0.15, 0.2) is 10.7 Å². The van der Waals surface area contributed by atoms with Crippen LogP contribution < -0.4 is 4.72 Å². The minimum Gasteiger partial charge on any atom is -0.588 e. The van der Waals surface area contributed by atoms with Gasteiger partial charge in [-0.3, -0.25) is 9.58 Å². The lowest BCUT2D eigenvalue weighted by molar-refractivity contribution is 0.245. The Morgan fingerprint density at radius 3 is 2.75 bits per heavy atom. The number of aryl methyl sites for hydroxylation is 2. The van der Waals surface area contributed by atoms with E-state index in [1.54, 1.807) is 12.1 Å². The van der Waals surface area contributed by atoms with Crippen molar-refractivity contribution in [3.63, 3.8) is 0 Å². The predicted molar refractivity (Wildman–Crippen MR) is 143 cm³/mol. The van der Waals surface area contributed by atoms with Crippen LogP contribution in [0.15, 0.2) is 53.7 Å². The molecular weight excluding hydrogens is 471 g/mol. The summed E-state index contributed by atoms with van der Waals surface area (Å²) in [6, 6.07) is 11.3. The fourth-order valence-corrected chi connectivity index (χ4v) is 6.53. The van der Waals surface area contributed by atoms with Gasteiger partial charge in [0.2, 0.25) is 0 Å². The smallest absolute Gasteiger partial charge is 0.180 e. The van der Waals surface area contributed by atoms with Crippen LogP contribution >= 0.6 is 0 Å². The van der Waals surface area contributed by atoms with Gasteiger partial charge in [-0.15, -0.1) is 0 Å². The molecule has 1 atom stereocenters. The van der Waals surface area contributed by atoms with Crippen LogP contribution in [0.3, 0.4) is 0 Å². The van der Waals surface area contributed by atoms with Crippen molar-refractivity contribution in [2.24, 2.45) is 5.92 Å². The van der Waals surface area contributed by atoms with Crippen LogP contribution in [0.1, 0.15) is 67.7 Å². The first kappa shape index (κ1) is 25.3. The minimum atomic E-state index is -1.51. The monoisotopic (exact) mass is 508 g/mol. The zero-order valence-corrected chi connectivity index (χ0v) is 22.0. The number of hydrogen-bond donors (Lipinski definition) is 1. The Hall–Kier alpha value is -2.35. The Bertz CT molecular complexity index is 1160. The van der Waals surface area contributed by atoms with E-state index in [1.807, 2.05) is 29.1 Å². The van der Waals surface area contributed by atoms with Gasteiger partial charge in [0.05, 0.1) is 6.20 Å². The quantitative estimate of drug-likeness (QED) is 0.329. The second kappa shape index (κ2) is 11.8. The highest BCUT2D eigenvalue weighted by Crippen LogP contribution is 2.30. The number of aromatic nitrogens is 2. The standard InChI is InChI=1S/C29H37FN4OS/c1-2-34-20-24(18-31-34)19-33-15-14-25-17-27(12-11-26(25)21-33)36(35)32-29-13-10-23(16-28(29)30)9-5-8-22-6-3-4-7-22/h10-13,16-18,20,22,32H,2-9,14-15,19,21H2,1H3. The topological polar surface area (TPSA) is 56.1 Å². The van der Waals surface area contributed by atoms with Crippen molar-refractivity contribution >= 4 is 17.0 Å². The predicted octanol–water partition coefficient (Wildman–Crippen LogP) is 6.25. The molecule has 0 saturated heterocycles. The molecule has 7 heteroatoms. The van der Waals surface area contributed by atoms with Gasteiger partial charge in [0, 0.05) is 37.9 Å². The number of hydrogen-bond acceptors (Lipinski definition) is 4. The zero-order chi connectivity index (χ0) is 24.9. The Balaban J connectivity index is 1.15. The molecule has 2 heterocycles. The third-order valence-electron chi connectivity index (χ3n) is 7.69. The van der Waals surface area contributed by atoms with Gasteiger partial charge in [-0.25, -0.2) is 9.11 Å². The third-order valence-corrected chi connectivity index (χ3v) is 8.78. The van der Waals surface area contributed by atoms with Crippen molar-refractivity contribution in [2.75, 3.05) is 11.3 Å². The number of nitrogens with one attached hydrogen (secondary N) is 1. The molecule has 192 valence electrons. The summed E-state index contributed by atoms with van der Waals surface area (Å²) in [5.41, 5.74) is 5.02. The fraction of sp³-hybridized carbons (Fsp3) is 0.483. The van der Waals surface area contributed by atoms with E-state index in [0.717, 1.165) is 56.9 Å². The zero-order valence-electron chi connectivity index (χ0n) is 21.2. The minimum absolute atomic E-state index is 0.296. The number of benzene rings is 2. The normalized spacial score (nSPS) is 17.3. The molecule has 1 aliphatic heterocycles. The van der Waals surface area contributed by atoms with E-state index in [1.165, 1.54) is 48.8 Å². The summed E-state index contributed by atoms with van der Waals surface area (Å²) < 4.78 is 32.6. The van der Waals surface area contributed by atoms with E-state index in [9.17, 15) is 8.94 Å². The van der Waals surface area contributed by atoms with Gasteiger partial charge in [0.25, 0.3) is 0 Å². The van der Waals surface area contributed by atoms with Crippen molar-refractivity contribution < 1.29 is 8.94 Å². The first-order valence-electron chi connectivity index (χ1n) is 13.4. The summed E-state index contributed by atoms with van der Waals surface area (Å²) in [6.45, 7) is 5.66. The Labute approximate surface area is 217 Å². The van der Waals surface area contributed by atoms with E-state index < -0.39 is 11.4 Å². The van der Waals surface area contributed by atoms with Crippen molar-refractivity contribution in [3.05, 3.63) is 76.9 Å². The van der Waals surface area contributed by atoms with Gasteiger partial charge in [-0.05, 0) is 73.1 Å². The summed E-state index contributed by atoms with van der Waals surface area (Å²) >= 11 is -1.51.